The zero-order chi connectivity index (χ0) is 14.6. The van der Waals surface area contributed by atoms with Crippen molar-refractivity contribution in [3.8, 4) is 0 Å². The Kier molecular flexibility index (Phi) is 5.22. The molecule has 0 radical (unpaired) electrons. The summed E-state index contributed by atoms with van der Waals surface area (Å²) in [5, 5.41) is 3.81. The van der Waals surface area contributed by atoms with E-state index in [1.165, 1.54) is 30.4 Å². The van der Waals surface area contributed by atoms with Crippen molar-refractivity contribution in [2.45, 2.75) is 65.1 Å². The van der Waals surface area contributed by atoms with Crippen molar-refractivity contribution in [2.24, 2.45) is 0 Å². The van der Waals surface area contributed by atoms with Gasteiger partial charge in [0.1, 0.15) is 0 Å². The van der Waals surface area contributed by atoms with E-state index in [4.69, 9.17) is 0 Å². The molecule has 1 heterocycles. The molecule has 0 amide bonds. The van der Waals surface area contributed by atoms with Crippen LogP contribution in [0.15, 0.2) is 24.3 Å². The Morgan fingerprint density at radius 1 is 1.30 bits per heavy atom. The monoisotopic (exact) mass is 274 g/mol. The van der Waals surface area contributed by atoms with Crippen LogP contribution in [0.25, 0.3) is 0 Å². The van der Waals surface area contributed by atoms with Crippen molar-refractivity contribution in [3.05, 3.63) is 35.4 Å². The third kappa shape index (κ3) is 3.62. The highest BCUT2D eigenvalue weighted by atomic mass is 15.2. The van der Waals surface area contributed by atoms with Gasteiger partial charge in [-0.3, -0.25) is 4.90 Å². The molecule has 2 nitrogen and oxygen atoms in total. The number of rotatable bonds is 4. The van der Waals surface area contributed by atoms with Gasteiger partial charge in [-0.15, -0.1) is 0 Å². The maximum Gasteiger partial charge on any atom is 0.0303 e. The largest absolute Gasteiger partial charge is 0.310 e. The van der Waals surface area contributed by atoms with Crippen molar-refractivity contribution in [1.29, 1.82) is 0 Å². The molecule has 112 valence electrons. The minimum absolute atomic E-state index is 0.300. The van der Waals surface area contributed by atoms with E-state index >= 15 is 0 Å². The SMILES string of the molecule is CCC1(CC)CN(Cc2cccc(C)c2)C(C)CCN1. The molecule has 0 saturated carbocycles. The van der Waals surface area contributed by atoms with E-state index in [1.807, 2.05) is 0 Å². The first-order chi connectivity index (χ1) is 9.58. The zero-order valence-electron chi connectivity index (χ0n) is 13.6. The maximum absolute atomic E-state index is 3.81. The van der Waals surface area contributed by atoms with Crippen molar-refractivity contribution < 1.29 is 0 Å². The molecule has 1 atom stereocenters. The molecule has 1 aliphatic rings. The number of hydrogen-bond acceptors (Lipinski definition) is 2. The fourth-order valence-electron chi connectivity index (χ4n) is 3.31. The van der Waals surface area contributed by atoms with Crippen LogP contribution < -0.4 is 5.32 Å². The van der Waals surface area contributed by atoms with Gasteiger partial charge in [0.25, 0.3) is 0 Å². The smallest absolute Gasteiger partial charge is 0.0303 e. The van der Waals surface area contributed by atoms with Crippen LogP contribution in [0.1, 0.15) is 51.2 Å². The Hall–Kier alpha value is -0.860. The molecule has 20 heavy (non-hydrogen) atoms. The van der Waals surface area contributed by atoms with E-state index in [0.717, 1.165) is 19.6 Å². The van der Waals surface area contributed by atoms with Crippen LogP contribution in [0.4, 0.5) is 0 Å². The number of nitrogens with zero attached hydrogens (tertiary/aromatic N) is 1. The van der Waals surface area contributed by atoms with Crippen LogP contribution in [-0.2, 0) is 6.54 Å². The van der Waals surface area contributed by atoms with Crippen molar-refractivity contribution in [3.63, 3.8) is 0 Å². The van der Waals surface area contributed by atoms with Gasteiger partial charge in [0.15, 0.2) is 0 Å². The molecular formula is C18H30N2. The number of aryl methyl sites for hydroxylation is 1. The standard InChI is InChI=1S/C18H30N2/c1-5-18(6-2)14-20(16(4)10-11-19-18)13-17-9-7-8-15(3)12-17/h7-9,12,16,19H,5-6,10-11,13-14H2,1-4H3. The van der Waals surface area contributed by atoms with Gasteiger partial charge < -0.3 is 5.32 Å². The summed E-state index contributed by atoms with van der Waals surface area (Å²) in [5.74, 6) is 0. The molecule has 1 aromatic rings. The average molecular weight is 274 g/mol. The molecule has 0 aliphatic carbocycles. The Balaban J connectivity index is 2.14. The van der Waals surface area contributed by atoms with Crippen molar-refractivity contribution >= 4 is 0 Å². The molecule has 1 saturated heterocycles. The number of nitrogens with one attached hydrogen (secondary N) is 1. The number of benzene rings is 1. The van der Waals surface area contributed by atoms with E-state index in [-0.39, 0.29) is 0 Å². The van der Waals surface area contributed by atoms with Crippen LogP contribution in [0.5, 0.6) is 0 Å². The first kappa shape index (κ1) is 15.5. The van der Waals surface area contributed by atoms with Crippen molar-refractivity contribution in [1.82, 2.24) is 10.2 Å². The summed E-state index contributed by atoms with van der Waals surface area (Å²) in [7, 11) is 0. The van der Waals surface area contributed by atoms with Gasteiger partial charge in [0, 0.05) is 24.7 Å². The second-order valence-electron chi connectivity index (χ2n) is 6.45. The Morgan fingerprint density at radius 2 is 2.05 bits per heavy atom. The summed E-state index contributed by atoms with van der Waals surface area (Å²) in [6, 6.07) is 9.60. The van der Waals surface area contributed by atoms with Gasteiger partial charge in [0.2, 0.25) is 0 Å². The lowest BCUT2D eigenvalue weighted by molar-refractivity contribution is 0.152. The lowest BCUT2D eigenvalue weighted by atomic mass is 9.92. The van der Waals surface area contributed by atoms with Crippen LogP contribution in [0.3, 0.4) is 0 Å². The predicted molar refractivity (Wildman–Crippen MR) is 87.0 cm³/mol. The van der Waals surface area contributed by atoms with E-state index in [0.29, 0.717) is 11.6 Å². The van der Waals surface area contributed by atoms with E-state index in [9.17, 15) is 0 Å². The summed E-state index contributed by atoms with van der Waals surface area (Å²) in [5.41, 5.74) is 3.11. The molecule has 0 aromatic heterocycles. The topological polar surface area (TPSA) is 15.3 Å². The summed E-state index contributed by atoms with van der Waals surface area (Å²) >= 11 is 0. The predicted octanol–water partition coefficient (Wildman–Crippen LogP) is 3.74. The van der Waals surface area contributed by atoms with Gasteiger partial charge in [-0.25, -0.2) is 0 Å². The molecule has 1 unspecified atom stereocenters. The van der Waals surface area contributed by atoms with Gasteiger partial charge in [-0.2, -0.15) is 0 Å². The molecule has 0 bridgehead atoms. The normalized spacial score (nSPS) is 23.5. The average Bonchev–Trinajstić information content (AvgIpc) is 2.59. The van der Waals surface area contributed by atoms with Crippen LogP contribution >= 0.6 is 0 Å². The minimum atomic E-state index is 0.300. The first-order valence-electron chi connectivity index (χ1n) is 8.13. The highest BCUT2D eigenvalue weighted by molar-refractivity contribution is 5.22. The Morgan fingerprint density at radius 3 is 2.70 bits per heavy atom. The van der Waals surface area contributed by atoms with Gasteiger partial charge in [-0.05, 0) is 45.2 Å². The maximum atomic E-state index is 3.81. The summed E-state index contributed by atoms with van der Waals surface area (Å²) in [6.45, 7) is 12.6. The quantitative estimate of drug-likeness (QED) is 0.900. The highest BCUT2D eigenvalue weighted by Crippen LogP contribution is 2.24. The van der Waals surface area contributed by atoms with Gasteiger partial charge >= 0.3 is 0 Å². The van der Waals surface area contributed by atoms with Crippen molar-refractivity contribution in [2.75, 3.05) is 13.1 Å². The lowest BCUT2D eigenvalue weighted by Crippen LogP contribution is -2.51. The van der Waals surface area contributed by atoms with E-state index in [1.54, 1.807) is 0 Å². The Labute approximate surface area is 124 Å². The van der Waals surface area contributed by atoms with Crippen LogP contribution in [0.2, 0.25) is 0 Å². The second-order valence-corrected chi connectivity index (χ2v) is 6.45. The third-order valence-electron chi connectivity index (χ3n) is 5.01. The summed E-state index contributed by atoms with van der Waals surface area (Å²) in [4.78, 5) is 2.67. The zero-order valence-corrected chi connectivity index (χ0v) is 13.6. The molecule has 1 fully saturated rings. The third-order valence-corrected chi connectivity index (χ3v) is 5.01. The summed E-state index contributed by atoms with van der Waals surface area (Å²) in [6.07, 6.45) is 3.66. The fraction of sp³-hybridized carbons (Fsp3) is 0.667. The summed E-state index contributed by atoms with van der Waals surface area (Å²) < 4.78 is 0. The lowest BCUT2D eigenvalue weighted by Gasteiger charge is -2.37. The minimum Gasteiger partial charge on any atom is -0.310 e. The molecule has 2 heteroatoms. The molecular weight excluding hydrogens is 244 g/mol. The second kappa shape index (κ2) is 6.73. The first-order valence-corrected chi connectivity index (χ1v) is 8.13. The molecule has 0 spiro atoms. The highest BCUT2D eigenvalue weighted by Gasteiger charge is 2.32. The Bertz CT molecular complexity index is 423. The molecule has 1 N–H and O–H groups in total. The van der Waals surface area contributed by atoms with E-state index in [2.05, 4.69) is 62.2 Å². The molecule has 2 rings (SSSR count). The van der Waals surface area contributed by atoms with E-state index < -0.39 is 0 Å². The van der Waals surface area contributed by atoms with Crippen LogP contribution in [0, 0.1) is 6.92 Å². The molecule has 1 aliphatic heterocycles. The number of hydrogen-bond donors (Lipinski definition) is 1. The van der Waals surface area contributed by atoms with Gasteiger partial charge in [0.05, 0.1) is 0 Å². The molecule has 1 aromatic carbocycles. The van der Waals surface area contributed by atoms with Gasteiger partial charge in [-0.1, -0.05) is 43.7 Å². The fourth-order valence-corrected chi connectivity index (χ4v) is 3.31. The van der Waals surface area contributed by atoms with Crippen LogP contribution in [-0.4, -0.2) is 29.6 Å².